The summed E-state index contributed by atoms with van der Waals surface area (Å²) in [5, 5.41) is 13.2. The Labute approximate surface area is 163 Å². The first kappa shape index (κ1) is 19.6. The van der Waals surface area contributed by atoms with Crippen molar-refractivity contribution in [3.8, 4) is 0 Å². The van der Waals surface area contributed by atoms with Crippen molar-refractivity contribution in [3.63, 3.8) is 0 Å². The zero-order valence-corrected chi connectivity index (χ0v) is 16.2. The third-order valence-electron chi connectivity index (χ3n) is 5.24. The molecule has 0 saturated carbocycles. The van der Waals surface area contributed by atoms with Gasteiger partial charge in [0.2, 0.25) is 11.8 Å². The molecule has 2 aromatic rings. The van der Waals surface area contributed by atoms with Crippen LogP contribution in [-0.2, 0) is 23.2 Å². The number of carbonyl (C=O) groups excluding carboxylic acids is 2. The van der Waals surface area contributed by atoms with E-state index in [0.29, 0.717) is 19.4 Å². The summed E-state index contributed by atoms with van der Waals surface area (Å²) >= 11 is 0. The minimum absolute atomic E-state index is 0.0183. The Bertz CT molecular complexity index is 890. The van der Waals surface area contributed by atoms with Crippen LogP contribution in [-0.4, -0.2) is 56.6 Å². The highest BCUT2D eigenvalue weighted by molar-refractivity contribution is 5.87. The van der Waals surface area contributed by atoms with Gasteiger partial charge in [0.1, 0.15) is 0 Å². The van der Waals surface area contributed by atoms with E-state index in [1.807, 2.05) is 6.20 Å². The smallest absolute Gasteiger partial charge is 0.335 e. The lowest BCUT2D eigenvalue weighted by Gasteiger charge is -2.39. The molecule has 8 heteroatoms. The average Bonchev–Trinajstić information content (AvgIpc) is 3.09. The molecule has 1 fully saturated rings. The van der Waals surface area contributed by atoms with E-state index >= 15 is 0 Å². The number of carboxylic acid groups (broad SMARTS) is 1. The average molecular weight is 384 g/mol. The molecule has 2 heterocycles. The maximum absolute atomic E-state index is 13.2. The molecule has 148 valence electrons. The normalized spacial score (nSPS) is 19.5. The van der Waals surface area contributed by atoms with E-state index in [4.69, 9.17) is 5.11 Å². The molecule has 2 atom stereocenters. The molecule has 0 aliphatic carbocycles. The van der Waals surface area contributed by atoms with E-state index in [9.17, 15) is 14.4 Å². The highest BCUT2D eigenvalue weighted by Gasteiger charge is 2.40. The van der Waals surface area contributed by atoms with Gasteiger partial charge >= 0.3 is 5.97 Å². The fraction of sp³-hybridized carbons (Fsp3) is 0.400. The van der Waals surface area contributed by atoms with Crippen molar-refractivity contribution in [2.75, 3.05) is 14.1 Å². The van der Waals surface area contributed by atoms with Crippen molar-refractivity contribution in [1.29, 1.82) is 0 Å². The minimum Gasteiger partial charge on any atom is -0.478 e. The number of carbonyl (C=O) groups is 3. The Morgan fingerprint density at radius 2 is 1.93 bits per heavy atom. The number of nitrogens with zero attached hydrogens (tertiary/aromatic N) is 4. The molecule has 28 heavy (non-hydrogen) atoms. The number of aryl methyl sites for hydroxylation is 1. The predicted octanol–water partition coefficient (Wildman–Crippen LogP) is 1.69. The summed E-state index contributed by atoms with van der Waals surface area (Å²) in [7, 11) is 5.26. The van der Waals surface area contributed by atoms with Crippen LogP contribution in [0.25, 0.3) is 0 Å². The van der Waals surface area contributed by atoms with Crippen LogP contribution in [0.4, 0.5) is 0 Å². The number of hydrogen-bond acceptors (Lipinski definition) is 4. The van der Waals surface area contributed by atoms with Gasteiger partial charge in [0.25, 0.3) is 0 Å². The van der Waals surface area contributed by atoms with Crippen molar-refractivity contribution in [2.45, 2.75) is 25.4 Å². The molecule has 2 unspecified atom stereocenters. The third-order valence-corrected chi connectivity index (χ3v) is 5.24. The number of benzene rings is 1. The second-order valence-corrected chi connectivity index (χ2v) is 7.24. The molecule has 1 aliphatic rings. The van der Waals surface area contributed by atoms with Gasteiger partial charge in [-0.3, -0.25) is 14.3 Å². The summed E-state index contributed by atoms with van der Waals surface area (Å²) in [4.78, 5) is 39.7. The van der Waals surface area contributed by atoms with Crippen LogP contribution in [0.15, 0.2) is 36.7 Å². The summed E-state index contributed by atoms with van der Waals surface area (Å²) in [6, 6.07) is 6.13. The minimum atomic E-state index is -0.981. The molecule has 1 aromatic carbocycles. The first-order valence-corrected chi connectivity index (χ1v) is 9.09. The van der Waals surface area contributed by atoms with Gasteiger partial charge < -0.3 is 14.9 Å². The molecule has 1 N–H and O–H groups in total. The van der Waals surface area contributed by atoms with E-state index in [1.54, 1.807) is 54.0 Å². The Balaban J connectivity index is 1.78. The van der Waals surface area contributed by atoms with Crippen LogP contribution in [0.1, 0.15) is 40.4 Å². The van der Waals surface area contributed by atoms with Gasteiger partial charge in [-0.15, -0.1) is 0 Å². The van der Waals surface area contributed by atoms with Crippen LogP contribution >= 0.6 is 0 Å². The van der Waals surface area contributed by atoms with Crippen LogP contribution in [0.3, 0.4) is 0 Å². The van der Waals surface area contributed by atoms with E-state index < -0.39 is 5.97 Å². The summed E-state index contributed by atoms with van der Waals surface area (Å²) in [6.45, 7) is 0.368. The number of amides is 2. The van der Waals surface area contributed by atoms with Gasteiger partial charge in [-0.05, 0) is 24.1 Å². The van der Waals surface area contributed by atoms with Crippen LogP contribution < -0.4 is 0 Å². The van der Waals surface area contributed by atoms with Gasteiger partial charge in [0.05, 0.1) is 23.7 Å². The number of likely N-dealkylation sites (tertiary alicyclic amines) is 1. The largest absolute Gasteiger partial charge is 0.478 e. The Morgan fingerprint density at radius 1 is 1.25 bits per heavy atom. The zero-order valence-electron chi connectivity index (χ0n) is 16.2. The second-order valence-electron chi connectivity index (χ2n) is 7.24. The maximum Gasteiger partial charge on any atom is 0.335 e. The highest BCUT2D eigenvalue weighted by Crippen LogP contribution is 2.36. The molecular formula is C20H24N4O4. The predicted molar refractivity (Wildman–Crippen MR) is 101 cm³/mol. The summed E-state index contributed by atoms with van der Waals surface area (Å²) < 4.78 is 1.66. The lowest BCUT2D eigenvalue weighted by atomic mass is 9.84. The Morgan fingerprint density at radius 3 is 2.50 bits per heavy atom. The van der Waals surface area contributed by atoms with E-state index in [2.05, 4.69) is 5.10 Å². The summed E-state index contributed by atoms with van der Waals surface area (Å²) in [5.74, 6) is -1.36. The molecular weight excluding hydrogens is 360 g/mol. The van der Waals surface area contributed by atoms with Gasteiger partial charge in [-0.2, -0.15) is 5.10 Å². The van der Waals surface area contributed by atoms with Crippen LogP contribution in [0, 0.1) is 5.92 Å². The number of aromatic carboxylic acids is 1. The van der Waals surface area contributed by atoms with Gasteiger partial charge in [0.15, 0.2) is 0 Å². The first-order chi connectivity index (χ1) is 13.3. The van der Waals surface area contributed by atoms with Crippen molar-refractivity contribution < 1.29 is 19.5 Å². The third kappa shape index (κ3) is 3.90. The number of hydrogen-bond donors (Lipinski definition) is 1. The summed E-state index contributed by atoms with van der Waals surface area (Å²) in [5.41, 5.74) is 1.90. The maximum atomic E-state index is 13.2. The van der Waals surface area contributed by atoms with Crippen LogP contribution in [0.5, 0.6) is 0 Å². The van der Waals surface area contributed by atoms with Crippen molar-refractivity contribution >= 4 is 17.8 Å². The monoisotopic (exact) mass is 384 g/mol. The second kappa shape index (κ2) is 7.84. The molecule has 0 bridgehead atoms. The van der Waals surface area contributed by atoms with Gasteiger partial charge in [0, 0.05) is 45.9 Å². The molecule has 3 rings (SSSR count). The molecule has 0 spiro atoms. The van der Waals surface area contributed by atoms with E-state index in [1.165, 1.54) is 12.1 Å². The lowest BCUT2D eigenvalue weighted by Crippen LogP contribution is -2.46. The molecule has 1 aromatic heterocycles. The standard InChI is InChI=1S/C20H24N4O4/c1-22(11-13-4-6-14(7-5-13)20(27)28)19(26)16-8-9-17(25)24(3)18(16)15-10-21-23(2)12-15/h4-7,10,12,16,18H,8-9,11H2,1-3H3,(H,27,28). The number of carboxylic acids is 1. The first-order valence-electron chi connectivity index (χ1n) is 9.09. The quantitative estimate of drug-likeness (QED) is 0.846. The van der Waals surface area contributed by atoms with Gasteiger partial charge in [-0.25, -0.2) is 4.79 Å². The number of aromatic nitrogens is 2. The number of piperidine rings is 1. The molecule has 8 nitrogen and oxygen atoms in total. The number of rotatable bonds is 5. The molecule has 2 amide bonds. The van der Waals surface area contributed by atoms with Crippen molar-refractivity contribution in [1.82, 2.24) is 19.6 Å². The highest BCUT2D eigenvalue weighted by atomic mass is 16.4. The Hall–Kier alpha value is -3.16. The van der Waals surface area contributed by atoms with Crippen molar-refractivity contribution in [3.05, 3.63) is 53.3 Å². The molecule has 1 saturated heterocycles. The lowest BCUT2D eigenvalue weighted by molar-refractivity contribution is -0.146. The topological polar surface area (TPSA) is 95.7 Å². The zero-order chi connectivity index (χ0) is 20.4. The molecule has 1 aliphatic heterocycles. The van der Waals surface area contributed by atoms with E-state index in [0.717, 1.165) is 11.1 Å². The molecule has 0 radical (unpaired) electrons. The van der Waals surface area contributed by atoms with E-state index in [-0.39, 0.29) is 29.3 Å². The van der Waals surface area contributed by atoms with Gasteiger partial charge in [-0.1, -0.05) is 12.1 Å². The van der Waals surface area contributed by atoms with Crippen molar-refractivity contribution in [2.24, 2.45) is 13.0 Å². The fourth-order valence-electron chi connectivity index (χ4n) is 3.73. The summed E-state index contributed by atoms with van der Waals surface area (Å²) in [6.07, 6.45) is 4.37. The fourth-order valence-corrected chi connectivity index (χ4v) is 3.73. The Kier molecular flexibility index (Phi) is 5.48. The van der Waals surface area contributed by atoms with Crippen LogP contribution in [0.2, 0.25) is 0 Å². The SMILES string of the molecule is CN(Cc1ccc(C(=O)O)cc1)C(=O)C1CCC(=O)N(C)C1c1cnn(C)c1.